The molecule has 0 amide bonds. The first-order chi connectivity index (χ1) is 8.54. The molecule has 2 N–H and O–H groups in total. The van der Waals surface area contributed by atoms with Crippen molar-refractivity contribution in [3.05, 3.63) is 29.7 Å². The predicted octanol–water partition coefficient (Wildman–Crippen LogP) is 2.52. The van der Waals surface area contributed by atoms with Crippen LogP contribution in [0.3, 0.4) is 0 Å². The molecule has 0 fully saturated rings. The van der Waals surface area contributed by atoms with E-state index in [1.165, 1.54) is 6.07 Å². The van der Waals surface area contributed by atoms with E-state index in [4.69, 9.17) is 10.5 Å². The number of benzene rings is 1. The molecule has 0 aliphatic heterocycles. The molecule has 96 valence electrons. The minimum atomic E-state index is -0.381. The smallest absolute Gasteiger partial charge is 0.200 e. The fraction of sp³-hybridized carbons (Fsp3) is 0.308. The predicted molar refractivity (Wildman–Crippen MR) is 68.9 cm³/mol. The molecule has 0 atom stereocenters. The van der Waals surface area contributed by atoms with Gasteiger partial charge in [0.15, 0.2) is 11.6 Å². The zero-order chi connectivity index (χ0) is 13.3. The Balaban J connectivity index is 2.49. The maximum Gasteiger partial charge on any atom is 0.200 e. The summed E-state index contributed by atoms with van der Waals surface area (Å²) in [6.45, 7) is 4.10. The van der Waals surface area contributed by atoms with Gasteiger partial charge in [0, 0.05) is 12.6 Å². The molecule has 1 aromatic carbocycles. The van der Waals surface area contributed by atoms with Crippen LogP contribution in [0.4, 0.5) is 10.3 Å². The topological polar surface area (TPSA) is 53.1 Å². The molecule has 0 spiro atoms. The van der Waals surface area contributed by atoms with Crippen LogP contribution in [-0.2, 0) is 7.05 Å². The van der Waals surface area contributed by atoms with E-state index in [-0.39, 0.29) is 11.6 Å². The van der Waals surface area contributed by atoms with Gasteiger partial charge in [-0.2, -0.15) is 0 Å². The molecule has 0 aliphatic rings. The number of aromatic nitrogens is 2. The number of imidazole rings is 1. The maximum atomic E-state index is 13.8. The Bertz CT molecular complexity index is 578. The lowest BCUT2D eigenvalue weighted by Crippen LogP contribution is -1.99. The van der Waals surface area contributed by atoms with Crippen molar-refractivity contribution in [2.24, 2.45) is 7.05 Å². The Labute approximate surface area is 105 Å². The van der Waals surface area contributed by atoms with Crippen LogP contribution >= 0.6 is 0 Å². The normalized spacial score (nSPS) is 10.7. The number of hydrogen-bond acceptors (Lipinski definition) is 3. The molecule has 0 saturated heterocycles. The zero-order valence-electron chi connectivity index (χ0n) is 10.7. The van der Waals surface area contributed by atoms with E-state index in [1.807, 2.05) is 13.8 Å². The van der Waals surface area contributed by atoms with Gasteiger partial charge in [0.1, 0.15) is 0 Å². The highest BCUT2D eigenvalue weighted by Gasteiger charge is 2.13. The van der Waals surface area contributed by atoms with Crippen molar-refractivity contribution in [3.63, 3.8) is 0 Å². The molecule has 0 unspecified atom stereocenters. The van der Waals surface area contributed by atoms with E-state index in [0.717, 1.165) is 17.0 Å². The molecule has 0 aliphatic carbocycles. The summed E-state index contributed by atoms with van der Waals surface area (Å²) in [5.41, 5.74) is 8.05. The van der Waals surface area contributed by atoms with Crippen molar-refractivity contribution in [1.29, 1.82) is 0 Å². The second-order valence-electron chi connectivity index (χ2n) is 4.04. The first kappa shape index (κ1) is 12.4. The van der Waals surface area contributed by atoms with Gasteiger partial charge < -0.3 is 15.0 Å². The Morgan fingerprint density at radius 1 is 1.44 bits per heavy atom. The van der Waals surface area contributed by atoms with Crippen molar-refractivity contribution >= 4 is 5.95 Å². The molecule has 2 aromatic rings. The highest BCUT2D eigenvalue weighted by Crippen LogP contribution is 2.28. The lowest BCUT2D eigenvalue weighted by atomic mass is 10.1. The van der Waals surface area contributed by atoms with E-state index in [1.54, 1.807) is 23.7 Å². The van der Waals surface area contributed by atoms with Crippen molar-refractivity contribution in [2.45, 2.75) is 13.8 Å². The Kier molecular flexibility index (Phi) is 3.23. The van der Waals surface area contributed by atoms with Crippen LogP contribution in [0.25, 0.3) is 11.3 Å². The number of anilines is 1. The molecule has 0 bridgehead atoms. The summed E-state index contributed by atoms with van der Waals surface area (Å²) >= 11 is 0. The summed E-state index contributed by atoms with van der Waals surface area (Å²) < 4.78 is 20.7. The third kappa shape index (κ3) is 2.03. The number of nitrogen functional groups attached to an aromatic ring is 1. The molecule has 0 radical (unpaired) electrons. The largest absolute Gasteiger partial charge is 0.491 e. The van der Waals surface area contributed by atoms with Crippen LogP contribution < -0.4 is 10.5 Å². The number of rotatable bonds is 3. The molecule has 1 heterocycles. The second kappa shape index (κ2) is 4.68. The van der Waals surface area contributed by atoms with Crippen molar-refractivity contribution < 1.29 is 9.13 Å². The SMILES string of the molecule is CCOc1ccc(-c2c(C)nc(N)n2C)cc1F. The van der Waals surface area contributed by atoms with Crippen LogP contribution in [0, 0.1) is 12.7 Å². The highest BCUT2D eigenvalue weighted by molar-refractivity contribution is 5.65. The van der Waals surface area contributed by atoms with Gasteiger partial charge in [0.25, 0.3) is 0 Å². The Hall–Kier alpha value is -2.04. The van der Waals surface area contributed by atoms with Crippen LogP contribution in [0.5, 0.6) is 5.75 Å². The van der Waals surface area contributed by atoms with Crippen molar-refractivity contribution in [3.8, 4) is 17.0 Å². The molecular weight excluding hydrogens is 233 g/mol. The van der Waals surface area contributed by atoms with Crippen LogP contribution in [0.15, 0.2) is 18.2 Å². The first-order valence-corrected chi connectivity index (χ1v) is 5.76. The lowest BCUT2D eigenvalue weighted by molar-refractivity contribution is 0.321. The van der Waals surface area contributed by atoms with E-state index in [0.29, 0.717) is 12.6 Å². The lowest BCUT2D eigenvalue weighted by Gasteiger charge is -2.08. The summed E-state index contributed by atoms with van der Waals surface area (Å²) in [6, 6.07) is 4.86. The average molecular weight is 249 g/mol. The van der Waals surface area contributed by atoms with Crippen molar-refractivity contribution in [2.75, 3.05) is 12.3 Å². The maximum absolute atomic E-state index is 13.8. The summed E-state index contributed by atoms with van der Waals surface area (Å²) in [5, 5.41) is 0. The molecule has 1 aromatic heterocycles. The highest BCUT2D eigenvalue weighted by atomic mass is 19.1. The first-order valence-electron chi connectivity index (χ1n) is 5.76. The zero-order valence-corrected chi connectivity index (χ0v) is 10.7. The quantitative estimate of drug-likeness (QED) is 0.909. The van der Waals surface area contributed by atoms with Gasteiger partial charge in [-0.25, -0.2) is 9.37 Å². The van der Waals surface area contributed by atoms with E-state index in [2.05, 4.69) is 4.98 Å². The van der Waals surface area contributed by atoms with Crippen LogP contribution in [0.2, 0.25) is 0 Å². The number of aryl methyl sites for hydroxylation is 1. The Morgan fingerprint density at radius 3 is 2.67 bits per heavy atom. The number of ether oxygens (including phenoxy) is 1. The van der Waals surface area contributed by atoms with Gasteiger partial charge in [0.05, 0.1) is 18.0 Å². The molecular formula is C13H16FN3O. The monoisotopic (exact) mass is 249 g/mol. The summed E-state index contributed by atoms with van der Waals surface area (Å²) in [4.78, 5) is 4.16. The van der Waals surface area contributed by atoms with Crippen molar-refractivity contribution in [1.82, 2.24) is 9.55 Å². The minimum Gasteiger partial charge on any atom is -0.491 e. The molecule has 2 rings (SSSR count). The fourth-order valence-electron chi connectivity index (χ4n) is 1.98. The van der Waals surface area contributed by atoms with E-state index in [9.17, 15) is 4.39 Å². The number of nitrogens with zero attached hydrogens (tertiary/aromatic N) is 2. The van der Waals surface area contributed by atoms with Gasteiger partial charge >= 0.3 is 0 Å². The van der Waals surface area contributed by atoms with Gasteiger partial charge in [-0.1, -0.05) is 0 Å². The number of hydrogen-bond donors (Lipinski definition) is 1. The number of halogens is 1. The van der Waals surface area contributed by atoms with Gasteiger partial charge in [0.2, 0.25) is 5.95 Å². The Morgan fingerprint density at radius 2 is 2.17 bits per heavy atom. The van der Waals surface area contributed by atoms with Crippen LogP contribution in [-0.4, -0.2) is 16.2 Å². The summed E-state index contributed by atoms with van der Waals surface area (Å²) in [6.07, 6.45) is 0. The molecule has 4 nitrogen and oxygen atoms in total. The van der Waals surface area contributed by atoms with Gasteiger partial charge in [-0.15, -0.1) is 0 Å². The standard InChI is InChI=1S/C13H16FN3O/c1-4-18-11-6-5-9(7-10(11)14)12-8(2)16-13(15)17(12)3/h5-7H,4H2,1-3H3,(H2,15,16). The number of nitrogens with two attached hydrogens (primary N) is 1. The van der Waals surface area contributed by atoms with Gasteiger partial charge in [-0.3, -0.25) is 0 Å². The molecule has 5 heteroatoms. The van der Waals surface area contributed by atoms with Gasteiger partial charge in [-0.05, 0) is 32.0 Å². The molecule has 0 saturated carbocycles. The van der Waals surface area contributed by atoms with E-state index >= 15 is 0 Å². The molecule has 18 heavy (non-hydrogen) atoms. The fourth-order valence-corrected chi connectivity index (χ4v) is 1.98. The third-order valence-electron chi connectivity index (χ3n) is 2.81. The summed E-state index contributed by atoms with van der Waals surface area (Å²) in [7, 11) is 1.80. The third-order valence-corrected chi connectivity index (χ3v) is 2.81. The second-order valence-corrected chi connectivity index (χ2v) is 4.04. The van der Waals surface area contributed by atoms with Crippen LogP contribution in [0.1, 0.15) is 12.6 Å². The minimum absolute atomic E-state index is 0.258. The average Bonchev–Trinajstić information content (AvgIpc) is 2.56. The summed E-state index contributed by atoms with van der Waals surface area (Å²) in [5.74, 6) is 0.291. The van der Waals surface area contributed by atoms with E-state index < -0.39 is 0 Å².